The van der Waals surface area contributed by atoms with Crippen molar-refractivity contribution >= 4 is 28.6 Å². The smallest absolute Gasteiger partial charge is 0.301 e. The third-order valence-corrected chi connectivity index (χ3v) is 5.20. The van der Waals surface area contributed by atoms with Gasteiger partial charge in [-0.2, -0.15) is 11.8 Å². The van der Waals surface area contributed by atoms with Crippen LogP contribution >= 0.6 is 11.8 Å². The Bertz CT molecular complexity index is 617. The van der Waals surface area contributed by atoms with Gasteiger partial charge in [0.15, 0.2) is 5.76 Å². The Labute approximate surface area is 122 Å². The van der Waals surface area contributed by atoms with Gasteiger partial charge in [-0.15, -0.1) is 0 Å². The molecule has 1 fully saturated rings. The highest BCUT2D eigenvalue weighted by Gasteiger charge is 2.22. The van der Waals surface area contributed by atoms with Crippen molar-refractivity contribution in [2.45, 2.75) is 36.7 Å². The van der Waals surface area contributed by atoms with Gasteiger partial charge in [-0.05, 0) is 18.9 Å². The first kappa shape index (κ1) is 13.5. The summed E-state index contributed by atoms with van der Waals surface area (Å²) in [7, 11) is 0. The van der Waals surface area contributed by atoms with Gasteiger partial charge in [0.1, 0.15) is 5.58 Å². The summed E-state index contributed by atoms with van der Waals surface area (Å²) < 4.78 is 5.66. The third-order valence-electron chi connectivity index (χ3n) is 3.80. The molecule has 3 N–H and O–H groups in total. The first-order valence-electron chi connectivity index (χ1n) is 6.92. The number of thioether (sulfide) groups is 1. The lowest BCUT2D eigenvalue weighted by Crippen LogP contribution is -2.30. The van der Waals surface area contributed by atoms with Crippen LogP contribution in [0.25, 0.3) is 11.0 Å². The molecule has 0 saturated heterocycles. The molecule has 1 aliphatic rings. The van der Waals surface area contributed by atoms with Crippen LogP contribution in [0.5, 0.6) is 0 Å². The zero-order valence-corrected chi connectivity index (χ0v) is 12.0. The summed E-state index contributed by atoms with van der Waals surface area (Å²) >= 11 is 1.92. The number of nitrogen functional groups attached to an aromatic ring is 1. The fourth-order valence-corrected chi connectivity index (χ4v) is 4.10. The van der Waals surface area contributed by atoms with Gasteiger partial charge in [0, 0.05) is 22.0 Å². The van der Waals surface area contributed by atoms with E-state index in [1.807, 2.05) is 36.0 Å². The number of benzene rings is 1. The summed E-state index contributed by atoms with van der Waals surface area (Å²) in [6, 6.07) is 7.75. The van der Waals surface area contributed by atoms with Crippen LogP contribution in [0.4, 0.5) is 0 Å². The van der Waals surface area contributed by atoms with Gasteiger partial charge < -0.3 is 4.42 Å². The lowest BCUT2D eigenvalue weighted by atomic mass is 10.1. The Hall–Kier alpha value is -1.46. The molecule has 2 aromatic rings. The van der Waals surface area contributed by atoms with E-state index in [0.29, 0.717) is 11.0 Å². The molecule has 106 valence electrons. The fourth-order valence-electron chi connectivity index (χ4n) is 2.75. The topological polar surface area (TPSA) is 68.3 Å². The Morgan fingerprint density at radius 3 is 2.85 bits per heavy atom. The summed E-state index contributed by atoms with van der Waals surface area (Å²) in [5.74, 6) is 6.03. The van der Waals surface area contributed by atoms with Crippen LogP contribution < -0.4 is 11.3 Å². The van der Waals surface area contributed by atoms with Gasteiger partial charge in [0.25, 0.3) is 0 Å². The second-order valence-corrected chi connectivity index (χ2v) is 6.39. The van der Waals surface area contributed by atoms with E-state index >= 15 is 0 Å². The molecule has 1 saturated carbocycles. The second-order valence-electron chi connectivity index (χ2n) is 5.10. The molecule has 0 radical (unpaired) electrons. The van der Waals surface area contributed by atoms with Crippen molar-refractivity contribution < 1.29 is 9.21 Å². The van der Waals surface area contributed by atoms with E-state index in [-0.39, 0.29) is 5.91 Å². The normalized spacial score (nSPS) is 15.8. The standard InChI is InChI=1S/C15H18N2O2S/c16-17-15(18)14-12(9-20-10-5-1-2-6-10)11-7-3-4-8-13(11)19-14/h3-4,7-8,10H,1-2,5-6,9,16H2,(H,17,18). The summed E-state index contributed by atoms with van der Waals surface area (Å²) in [6.07, 6.45) is 5.19. The molecular formula is C15H18N2O2S. The lowest BCUT2D eigenvalue weighted by molar-refractivity contribution is 0.0927. The first-order chi connectivity index (χ1) is 9.79. The van der Waals surface area contributed by atoms with Crippen molar-refractivity contribution in [3.8, 4) is 0 Å². The average Bonchev–Trinajstić information content (AvgIpc) is 3.11. The molecule has 1 aromatic carbocycles. The molecule has 4 nitrogen and oxygen atoms in total. The van der Waals surface area contributed by atoms with E-state index in [0.717, 1.165) is 22.3 Å². The number of fused-ring (bicyclic) bond motifs is 1. The average molecular weight is 290 g/mol. The van der Waals surface area contributed by atoms with Crippen LogP contribution in [0.3, 0.4) is 0 Å². The van der Waals surface area contributed by atoms with Crippen LogP contribution in [-0.4, -0.2) is 11.2 Å². The number of hydrogen-bond donors (Lipinski definition) is 2. The molecule has 1 aliphatic carbocycles. The van der Waals surface area contributed by atoms with E-state index in [1.54, 1.807) is 0 Å². The van der Waals surface area contributed by atoms with Crippen molar-refractivity contribution in [3.63, 3.8) is 0 Å². The number of rotatable bonds is 4. The lowest BCUT2D eigenvalue weighted by Gasteiger charge is -2.08. The second kappa shape index (κ2) is 5.89. The van der Waals surface area contributed by atoms with Gasteiger partial charge in [-0.1, -0.05) is 31.0 Å². The predicted octanol–water partition coefficient (Wildman–Crippen LogP) is 3.21. The van der Waals surface area contributed by atoms with E-state index in [1.165, 1.54) is 25.7 Å². The van der Waals surface area contributed by atoms with Crippen LogP contribution in [0, 0.1) is 0 Å². The minimum Gasteiger partial charge on any atom is -0.451 e. The molecule has 0 spiro atoms. The Morgan fingerprint density at radius 2 is 2.10 bits per heavy atom. The van der Waals surface area contributed by atoms with E-state index < -0.39 is 0 Å². The quantitative estimate of drug-likeness (QED) is 0.515. The molecule has 20 heavy (non-hydrogen) atoms. The third kappa shape index (κ3) is 2.55. The number of carbonyl (C=O) groups is 1. The van der Waals surface area contributed by atoms with Gasteiger partial charge in [0.2, 0.25) is 0 Å². The van der Waals surface area contributed by atoms with Crippen LogP contribution in [0.15, 0.2) is 28.7 Å². The maximum absolute atomic E-state index is 11.9. The monoisotopic (exact) mass is 290 g/mol. The molecule has 1 aromatic heterocycles. The first-order valence-corrected chi connectivity index (χ1v) is 7.97. The molecule has 0 unspecified atom stereocenters. The Balaban J connectivity index is 1.91. The van der Waals surface area contributed by atoms with Crippen LogP contribution in [0.2, 0.25) is 0 Å². The van der Waals surface area contributed by atoms with Crippen molar-refractivity contribution in [2.24, 2.45) is 5.84 Å². The summed E-state index contributed by atoms with van der Waals surface area (Å²) in [4.78, 5) is 11.9. The fraction of sp³-hybridized carbons (Fsp3) is 0.400. The molecule has 1 heterocycles. The number of carbonyl (C=O) groups excluding carboxylic acids is 1. The van der Waals surface area contributed by atoms with E-state index in [2.05, 4.69) is 5.43 Å². The zero-order valence-electron chi connectivity index (χ0n) is 11.2. The molecule has 3 rings (SSSR count). The van der Waals surface area contributed by atoms with Crippen molar-refractivity contribution in [3.05, 3.63) is 35.6 Å². The highest BCUT2D eigenvalue weighted by atomic mass is 32.2. The highest BCUT2D eigenvalue weighted by molar-refractivity contribution is 7.99. The zero-order chi connectivity index (χ0) is 13.9. The largest absolute Gasteiger partial charge is 0.451 e. The molecule has 1 amide bonds. The minimum atomic E-state index is -0.358. The predicted molar refractivity (Wildman–Crippen MR) is 81.4 cm³/mol. The molecule has 5 heteroatoms. The molecule has 0 atom stereocenters. The summed E-state index contributed by atoms with van der Waals surface area (Å²) in [6.45, 7) is 0. The molecular weight excluding hydrogens is 272 g/mol. The molecule has 0 bridgehead atoms. The Kier molecular flexibility index (Phi) is 3.98. The number of nitrogens with one attached hydrogen (secondary N) is 1. The van der Waals surface area contributed by atoms with Crippen molar-refractivity contribution in [1.82, 2.24) is 5.43 Å². The number of para-hydroxylation sites is 1. The van der Waals surface area contributed by atoms with E-state index in [4.69, 9.17) is 10.3 Å². The van der Waals surface area contributed by atoms with Crippen molar-refractivity contribution in [2.75, 3.05) is 0 Å². The number of hydrogen-bond acceptors (Lipinski definition) is 4. The highest BCUT2D eigenvalue weighted by Crippen LogP contribution is 2.35. The van der Waals surface area contributed by atoms with Gasteiger partial charge in [-0.25, -0.2) is 5.84 Å². The van der Waals surface area contributed by atoms with Gasteiger partial charge >= 0.3 is 5.91 Å². The van der Waals surface area contributed by atoms with Crippen molar-refractivity contribution in [1.29, 1.82) is 0 Å². The number of amides is 1. The summed E-state index contributed by atoms with van der Waals surface area (Å²) in [5, 5.41) is 1.72. The van der Waals surface area contributed by atoms with Crippen LogP contribution in [-0.2, 0) is 5.75 Å². The maximum atomic E-state index is 11.9. The Morgan fingerprint density at radius 1 is 1.35 bits per heavy atom. The molecule has 0 aliphatic heterocycles. The van der Waals surface area contributed by atoms with Gasteiger partial charge in [0.05, 0.1) is 0 Å². The SMILES string of the molecule is NNC(=O)c1oc2ccccc2c1CSC1CCCC1. The number of furan rings is 1. The van der Waals surface area contributed by atoms with E-state index in [9.17, 15) is 4.79 Å². The number of nitrogens with two attached hydrogens (primary N) is 1. The van der Waals surface area contributed by atoms with Gasteiger partial charge in [-0.3, -0.25) is 10.2 Å². The number of hydrazine groups is 1. The summed E-state index contributed by atoms with van der Waals surface area (Å²) in [5.41, 5.74) is 3.87. The minimum absolute atomic E-state index is 0.346. The maximum Gasteiger partial charge on any atom is 0.301 e. The van der Waals surface area contributed by atoms with Crippen LogP contribution in [0.1, 0.15) is 41.8 Å².